The lowest BCUT2D eigenvalue weighted by molar-refractivity contribution is 0.0647. The number of aliphatic hydroxyl groups is 1. The van der Waals surface area contributed by atoms with Crippen LogP contribution in [0.15, 0.2) is 18.2 Å². The molecule has 0 spiro atoms. The van der Waals surface area contributed by atoms with Gasteiger partial charge in [0.05, 0.1) is 12.7 Å². The van der Waals surface area contributed by atoms with Gasteiger partial charge in [0.1, 0.15) is 5.75 Å². The van der Waals surface area contributed by atoms with Crippen molar-refractivity contribution in [1.82, 2.24) is 4.90 Å². The van der Waals surface area contributed by atoms with Gasteiger partial charge in [0.15, 0.2) is 0 Å². The zero-order valence-corrected chi connectivity index (χ0v) is 11.1. The van der Waals surface area contributed by atoms with Crippen molar-refractivity contribution in [1.29, 1.82) is 0 Å². The van der Waals surface area contributed by atoms with Crippen LogP contribution in [0.2, 0.25) is 0 Å². The third-order valence-corrected chi connectivity index (χ3v) is 3.62. The lowest BCUT2D eigenvalue weighted by Crippen LogP contribution is -2.39. The molecule has 0 saturated carbocycles. The molecule has 1 aliphatic heterocycles. The quantitative estimate of drug-likeness (QED) is 0.802. The highest BCUT2D eigenvalue weighted by atomic mass is 16.5. The van der Waals surface area contributed by atoms with Crippen molar-refractivity contribution >= 4 is 11.6 Å². The number of benzene rings is 1. The van der Waals surface area contributed by atoms with Crippen LogP contribution in [0.25, 0.3) is 0 Å². The number of hydrogen-bond acceptors (Lipinski definition) is 4. The fraction of sp³-hybridized carbons (Fsp3) is 0.500. The lowest BCUT2D eigenvalue weighted by atomic mass is 9.97. The molecule has 1 aromatic rings. The maximum Gasteiger partial charge on any atom is 0.257 e. The monoisotopic (exact) mass is 264 g/mol. The SMILES string of the molecule is COc1cc(N)ccc1C(=O)N1CCC(CO)CC1. The average molecular weight is 264 g/mol. The highest BCUT2D eigenvalue weighted by Crippen LogP contribution is 2.25. The van der Waals surface area contributed by atoms with Gasteiger partial charge in [-0.1, -0.05) is 0 Å². The van der Waals surface area contributed by atoms with Crippen molar-refractivity contribution in [2.45, 2.75) is 12.8 Å². The van der Waals surface area contributed by atoms with E-state index in [2.05, 4.69) is 0 Å². The number of carbonyl (C=O) groups is 1. The Morgan fingerprint density at radius 2 is 2.16 bits per heavy atom. The van der Waals surface area contributed by atoms with Crippen LogP contribution < -0.4 is 10.5 Å². The Kier molecular flexibility index (Phi) is 4.27. The number of carbonyl (C=O) groups excluding carboxylic acids is 1. The van der Waals surface area contributed by atoms with Crippen molar-refractivity contribution < 1.29 is 14.6 Å². The van der Waals surface area contributed by atoms with Crippen LogP contribution in [0.3, 0.4) is 0 Å². The fourth-order valence-electron chi connectivity index (χ4n) is 2.37. The summed E-state index contributed by atoms with van der Waals surface area (Å²) in [5.74, 6) is 0.792. The predicted octanol–water partition coefficient (Wildman–Crippen LogP) is 1.12. The predicted molar refractivity (Wildman–Crippen MR) is 73.1 cm³/mol. The number of piperidine rings is 1. The van der Waals surface area contributed by atoms with Gasteiger partial charge in [0.25, 0.3) is 5.91 Å². The van der Waals surface area contributed by atoms with E-state index in [1.165, 1.54) is 7.11 Å². The summed E-state index contributed by atoms with van der Waals surface area (Å²) >= 11 is 0. The molecule has 104 valence electrons. The summed E-state index contributed by atoms with van der Waals surface area (Å²) in [5, 5.41) is 9.11. The van der Waals surface area contributed by atoms with Gasteiger partial charge >= 0.3 is 0 Å². The van der Waals surface area contributed by atoms with Gasteiger partial charge in [-0.05, 0) is 30.9 Å². The highest BCUT2D eigenvalue weighted by Gasteiger charge is 2.25. The third kappa shape index (κ3) is 2.98. The number of methoxy groups -OCH3 is 1. The van der Waals surface area contributed by atoms with Gasteiger partial charge in [0.2, 0.25) is 0 Å². The first-order chi connectivity index (χ1) is 9.15. The topological polar surface area (TPSA) is 75.8 Å². The van der Waals surface area contributed by atoms with E-state index in [4.69, 9.17) is 15.6 Å². The Morgan fingerprint density at radius 3 is 2.74 bits per heavy atom. The van der Waals surface area contributed by atoms with Crippen molar-refractivity contribution in [3.63, 3.8) is 0 Å². The minimum atomic E-state index is -0.0340. The minimum absolute atomic E-state index is 0.0340. The van der Waals surface area contributed by atoms with Crippen LogP contribution in [0.4, 0.5) is 5.69 Å². The standard InChI is InChI=1S/C14H20N2O3/c1-19-13-8-11(15)2-3-12(13)14(18)16-6-4-10(9-17)5-7-16/h2-3,8,10,17H,4-7,9,15H2,1H3. The first-order valence-corrected chi connectivity index (χ1v) is 6.49. The van der Waals surface area contributed by atoms with E-state index in [9.17, 15) is 4.79 Å². The van der Waals surface area contributed by atoms with Crippen LogP contribution in [-0.4, -0.2) is 42.7 Å². The molecule has 1 amide bonds. The molecule has 0 aliphatic carbocycles. The Hall–Kier alpha value is -1.75. The van der Waals surface area contributed by atoms with Crippen LogP contribution in [-0.2, 0) is 0 Å². The first-order valence-electron chi connectivity index (χ1n) is 6.49. The molecule has 5 heteroatoms. The largest absolute Gasteiger partial charge is 0.496 e. The number of nitrogens with two attached hydrogens (primary N) is 1. The molecule has 0 radical (unpaired) electrons. The van der Waals surface area contributed by atoms with E-state index in [0.717, 1.165) is 12.8 Å². The molecule has 0 unspecified atom stereocenters. The van der Waals surface area contributed by atoms with Gasteiger partial charge in [-0.3, -0.25) is 4.79 Å². The molecule has 0 aromatic heterocycles. The van der Waals surface area contributed by atoms with E-state index in [1.807, 2.05) is 0 Å². The molecule has 1 aliphatic rings. The summed E-state index contributed by atoms with van der Waals surface area (Å²) in [6, 6.07) is 5.07. The highest BCUT2D eigenvalue weighted by molar-refractivity contribution is 5.97. The second-order valence-electron chi connectivity index (χ2n) is 4.88. The first kappa shape index (κ1) is 13.7. The molecular formula is C14H20N2O3. The van der Waals surface area contributed by atoms with E-state index in [-0.39, 0.29) is 12.5 Å². The molecule has 3 N–H and O–H groups in total. The van der Waals surface area contributed by atoms with Gasteiger partial charge in [0, 0.05) is 31.5 Å². The number of hydrogen-bond donors (Lipinski definition) is 2. The molecule has 1 saturated heterocycles. The van der Waals surface area contributed by atoms with Crippen LogP contribution >= 0.6 is 0 Å². The summed E-state index contributed by atoms with van der Waals surface area (Å²) in [6.07, 6.45) is 1.69. The smallest absolute Gasteiger partial charge is 0.257 e. The molecule has 1 fully saturated rings. The second-order valence-corrected chi connectivity index (χ2v) is 4.88. The van der Waals surface area contributed by atoms with Gasteiger partial charge in [-0.15, -0.1) is 0 Å². The Bertz CT molecular complexity index is 454. The summed E-state index contributed by atoms with van der Waals surface area (Å²) in [6.45, 7) is 1.56. The molecule has 1 aromatic carbocycles. The molecule has 5 nitrogen and oxygen atoms in total. The maximum absolute atomic E-state index is 12.4. The van der Waals surface area contributed by atoms with Crippen molar-refractivity contribution in [3.05, 3.63) is 23.8 Å². The summed E-state index contributed by atoms with van der Waals surface area (Å²) in [4.78, 5) is 14.2. The minimum Gasteiger partial charge on any atom is -0.496 e. The summed E-state index contributed by atoms with van der Waals surface area (Å²) in [7, 11) is 1.53. The number of anilines is 1. The number of aliphatic hydroxyl groups excluding tert-OH is 1. The summed E-state index contributed by atoms with van der Waals surface area (Å²) in [5.41, 5.74) is 6.80. The van der Waals surface area contributed by atoms with Crippen molar-refractivity contribution in [2.24, 2.45) is 5.92 Å². The zero-order valence-electron chi connectivity index (χ0n) is 11.1. The van der Waals surface area contributed by atoms with Crippen LogP contribution in [0.5, 0.6) is 5.75 Å². The fourth-order valence-corrected chi connectivity index (χ4v) is 2.37. The normalized spacial score (nSPS) is 16.4. The van der Waals surface area contributed by atoms with Crippen molar-refractivity contribution in [2.75, 3.05) is 32.5 Å². The number of likely N-dealkylation sites (tertiary alicyclic amines) is 1. The zero-order chi connectivity index (χ0) is 13.8. The van der Waals surface area contributed by atoms with E-state index >= 15 is 0 Å². The number of nitrogens with zero attached hydrogens (tertiary/aromatic N) is 1. The van der Waals surface area contributed by atoms with Gasteiger partial charge in [-0.25, -0.2) is 0 Å². The van der Waals surface area contributed by atoms with Gasteiger partial charge < -0.3 is 20.5 Å². The Morgan fingerprint density at radius 1 is 1.47 bits per heavy atom. The maximum atomic E-state index is 12.4. The third-order valence-electron chi connectivity index (χ3n) is 3.62. The Labute approximate surface area is 113 Å². The number of rotatable bonds is 3. The van der Waals surface area contributed by atoms with Crippen LogP contribution in [0.1, 0.15) is 23.2 Å². The van der Waals surface area contributed by atoms with Crippen LogP contribution in [0, 0.1) is 5.92 Å². The summed E-state index contributed by atoms with van der Waals surface area (Å²) < 4.78 is 5.21. The molecule has 0 atom stereocenters. The number of ether oxygens (including phenoxy) is 1. The molecule has 1 heterocycles. The molecule has 2 rings (SSSR count). The number of nitrogen functional groups attached to an aromatic ring is 1. The van der Waals surface area contributed by atoms with E-state index < -0.39 is 0 Å². The number of amides is 1. The second kappa shape index (κ2) is 5.93. The molecule has 19 heavy (non-hydrogen) atoms. The molecular weight excluding hydrogens is 244 g/mol. The molecule has 0 bridgehead atoms. The van der Waals surface area contributed by atoms with Crippen molar-refractivity contribution in [3.8, 4) is 5.75 Å². The lowest BCUT2D eigenvalue weighted by Gasteiger charge is -2.31. The Balaban J connectivity index is 2.12. The van der Waals surface area contributed by atoms with E-state index in [1.54, 1.807) is 23.1 Å². The van der Waals surface area contributed by atoms with Gasteiger partial charge in [-0.2, -0.15) is 0 Å². The van der Waals surface area contributed by atoms with E-state index in [0.29, 0.717) is 36.0 Å². The average Bonchev–Trinajstić information content (AvgIpc) is 2.46.